The zero-order chi connectivity index (χ0) is 18.0. The van der Waals surface area contributed by atoms with Crippen molar-refractivity contribution in [1.29, 1.82) is 0 Å². The Kier molecular flexibility index (Phi) is 4.88. The maximum Gasteiger partial charge on any atom is 0.410 e. The lowest BCUT2D eigenvalue weighted by atomic mass is 9.91. The fourth-order valence-electron chi connectivity index (χ4n) is 3.40. The van der Waals surface area contributed by atoms with Crippen molar-refractivity contribution in [3.8, 4) is 0 Å². The van der Waals surface area contributed by atoms with Crippen LogP contribution >= 0.6 is 0 Å². The number of carbonyl (C=O) groups is 2. The first-order chi connectivity index (χ1) is 11.8. The fraction of sp³-hybridized carbons (Fsp3) is 0.579. The normalized spacial score (nSPS) is 22.7. The highest BCUT2D eigenvalue weighted by atomic mass is 16.6. The number of piperidine rings is 2. The number of amides is 2. The van der Waals surface area contributed by atoms with E-state index in [9.17, 15) is 9.59 Å². The number of nitrogens with zero attached hydrogens (tertiary/aromatic N) is 2. The Labute approximate surface area is 148 Å². The molecule has 1 aromatic rings. The summed E-state index contributed by atoms with van der Waals surface area (Å²) in [5.41, 5.74) is 0.454. The molecular formula is C19H26N2O4. The number of benzene rings is 1. The van der Waals surface area contributed by atoms with Crippen molar-refractivity contribution < 1.29 is 19.1 Å². The number of carbonyl (C=O) groups excluding carboxylic acids is 2. The Bertz CT molecular complexity index is 626. The van der Waals surface area contributed by atoms with E-state index in [-0.39, 0.29) is 30.9 Å². The van der Waals surface area contributed by atoms with Crippen molar-refractivity contribution in [3.63, 3.8) is 0 Å². The van der Waals surface area contributed by atoms with Gasteiger partial charge in [0.2, 0.25) is 0 Å². The molecule has 0 spiro atoms. The quantitative estimate of drug-likeness (QED) is 0.823. The summed E-state index contributed by atoms with van der Waals surface area (Å²) in [5, 5.41) is 0. The maximum atomic E-state index is 12.4. The monoisotopic (exact) mass is 346 g/mol. The zero-order valence-electron chi connectivity index (χ0n) is 15.1. The largest absolute Gasteiger partial charge is 0.445 e. The maximum absolute atomic E-state index is 12.4. The fourth-order valence-corrected chi connectivity index (χ4v) is 3.40. The Balaban J connectivity index is 1.56. The van der Waals surface area contributed by atoms with E-state index < -0.39 is 5.60 Å². The smallest absolute Gasteiger partial charge is 0.410 e. The number of fused-ring (bicyclic) bond motifs is 3. The van der Waals surface area contributed by atoms with E-state index in [0.717, 1.165) is 18.4 Å². The van der Waals surface area contributed by atoms with Gasteiger partial charge in [-0.2, -0.15) is 0 Å². The Morgan fingerprint density at radius 1 is 1.00 bits per heavy atom. The third kappa shape index (κ3) is 4.24. The predicted octanol–water partition coefficient (Wildman–Crippen LogP) is 3.41. The minimum absolute atomic E-state index is 0.000733. The standard InChI is InChI=1S/C19H26N2O4/c1-19(2,3)25-18(23)21-12-15-9-10-16(21)11-20(15)17(22)24-13-14-7-5-4-6-8-14/h4-8,15-16H,9-13H2,1-3H3. The van der Waals surface area contributed by atoms with Gasteiger partial charge in [-0.05, 0) is 39.2 Å². The highest BCUT2D eigenvalue weighted by Crippen LogP contribution is 2.30. The number of hydrogen-bond acceptors (Lipinski definition) is 4. The topological polar surface area (TPSA) is 59.1 Å². The number of rotatable bonds is 2. The van der Waals surface area contributed by atoms with Gasteiger partial charge in [-0.25, -0.2) is 9.59 Å². The summed E-state index contributed by atoms with van der Waals surface area (Å²) in [5.74, 6) is 0. The van der Waals surface area contributed by atoms with Crippen LogP contribution in [-0.2, 0) is 16.1 Å². The molecule has 2 unspecified atom stereocenters. The highest BCUT2D eigenvalue weighted by molar-refractivity contribution is 5.72. The SMILES string of the molecule is CC(C)(C)OC(=O)N1CC2CCC1CN2C(=O)OCc1ccccc1. The molecule has 2 bridgehead atoms. The van der Waals surface area contributed by atoms with Gasteiger partial charge in [-0.15, -0.1) is 0 Å². The van der Waals surface area contributed by atoms with Gasteiger partial charge in [0.25, 0.3) is 0 Å². The lowest BCUT2D eigenvalue weighted by molar-refractivity contribution is -0.0399. The van der Waals surface area contributed by atoms with Crippen LogP contribution in [0, 0.1) is 0 Å². The average Bonchev–Trinajstić information content (AvgIpc) is 2.59. The van der Waals surface area contributed by atoms with Crippen molar-refractivity contribution in [2.75, 3.05) is 13.1 Å². The Hall–Kier alpha value is -2.24. The predicted molar refractivity (Wildman–Crippen MR) is 93.1 cm³/mol. The highest BCUT2D eigenvalue weighted by Gasteiger charge is 2.44. The molecule has 25 heavy (non-hydrogen) atoms. The van der Waals surface area contributed by atoms with Crippen molar-refractivity contribution in [1.82, 2.24) is 9.80 Å². The van der Waals surface area contributed by atoms with E-state index in [2.05, 4.69) is 0 Å². The molecule has 1 aromatic carbocycles. The first kappa shape index (κ1) is 17.6. The van der Waals surface area contributed by atoms with Crippen molar-refractivity contribution in [2.45, 2.75) is 57.9 Å². The third-order valence-corrected chi connectivity index (χ3v) is 4.60. The molecule has 6 heteroatoms. The summed E-state index contributed by atoms with van der Waals surface area (Å²) in [7, 11) is 0. The minimum atomic E-state index is -0.512. The summed E-state index contributed by atoms with van der Waals surface area (Å²) in [4.78, 5) is 28.3. The molecule has 6 nitrogen and oxygen atoms in total. The molecule has 3 aliphatic rings. The number of piperazine rings is 1. The third-order valence-electron chi connectivity index (χ3n) is 4.60. The second kappa shape index (κ2) is 6.94. The van der Waals surface area contributed by atoms with Gasteiger partial charge >= 0.3 is 12.2 Å². The molecule has 136 valence electrons. The summed E-state index contributed by atoms with van der Waals surface area (Å²) >= 11 is 0. The average molecular weight is 346 g/mol. The van der Waals surface area contributed by atoms with E-state index in [1.165, 1.54) is 0 Å². The Morgan fingerprint density at radius 2 is 1.56 bits per heavy atom. The lowest BCUT2D eigenvalue weighted by Crippen LogP contribution is -2.65. The molecule has 2 amide bonds. The van der Waals surface area contributed by atoms with E-state index in [1.807, 2.05) is 51.1 Å². The summed E-state index contributed by atoms with van der Waals surface area (Å²) in [6.07, 6.45) is 1.19. The summed E-state index contributed by atoms with van der Waals surface area (Å²) < 4.78 is 10.9. The summed E-state index contributed by atoms with van der Waals surface area (Å²) in [6, 6.07) is 9.64. The van der Waals surface area contributed by atoms with Crippen LogP contribution in [0.1, 0.15) is 39.2 Å². The van der Waals surface area contributed by atoms with Crippen molar-refractivity contribution >= 4 is 12.2 Å². The molecule has 0 saturated carbocycles. The molecule has 0 radical (unpaired) electrons. The van der Waals surface area contributed by atoms with Gasteiger partial charge in [0.05, 0.1) is 12.1 Å². The van der Waals surface area contributed by atoms with Crippen LogP contribution < -0.4 is 0 Å². The second-order valence-electron chi connectivity index (χ2n) is 7.71. The molecule has 3 heterocycles. The van der Waals surface area contributed by atoms with Crippen LogP contribution in [0.25, 0.3) is 0 Å². The molecule has 3 saturated heterocycles. The van der Waals surface area contributed by atoms with Crippen molar-refractivity contribution in [2.24, 2.45) is 0 Å². The van der Waals surface area contributed by atoms with Crippen LogP contribution in [0.5, 0.6) is 0 Å². The van der Waals surface area contributed by atoms with E-state index in [4.69, 9.17) is 9.47 Å². The molecule has 0 aromatic heterocycles. The minimum Gasteiger partial charge on any atom is -0.445 e. The summed E-state index contributed by atoms with van der Waals surface area (Å²) in [6.45, 7) is 6.88. The van der Waals surface area contributed by atoms with E-state index >= 15 is 0 Å². The molecule has 3 aliphatic heterocycles. The first-order valence-electron chi connectivity index (χ1n) is 8.80. The van der Waals surface area contributed by atoms with Crippen LogP contribution in [0.4, 0.5) is 9.59 Å². The number of hydrogen-bond donors (Lipinski definition) is 0. The molecule has 4 rings (SSSR count). The number of ether oxygens (including phenoxy) is 2. The van der Waals surface area contributed by atoms with Gasteiger partial charge in [-0.3, -0.25) is 0 Å². The second-order valence-corrected chi connectivity index (χ2v) is 7.71. The van der Waals surface area contributed by atoms with Gasteiger partial charge in [0, 0.05) is 13.1 Å². The van der Waals surface area contributed by atoms with Gasteiger partial charge < -0.3 is 19.3 Å². The van der Waals surface area contributed by atoms with Crippen LogP contribution in [-0.4, -0.2) is 52.8 Å². The van der Waals surface area contributed by atoms with Gasteiger partial charge in [0.1, 0.15) is 12.2 Å². The van der Waals surface area contributed by atoms with Gasteiger partial charge in [-0.1, -0.05) is 30.3 Å². The van der Waals surface area contributed by atoms with Crippen LogP contribution in [0.3, 0.4) is 0 Å². The molecule has 3 fully saturated rings. The lowest BCUT2D eigenvalue weighted by Gasteiger charge is -2.50. The first-order valence-corrected chi connectivity index (χ1v) is 8.80. The molecular weight excluding hydrogens is 320 g/mol. The zero-order valence-corrected chi connectivity index (χ0v) is 15.1. The van der Waals surface area contributed by atoms with E-state index in [1.54, 1.807) is 9.80 Å². The molecule has 0 N–H and O–H groups in total. The molecule has 0 aliphatic carbocycles. The Morgan fingerprint density at radius 3 is 2.08 bits per heavy atom. The van der Waals surface area contributed by atoms with Gasteiger partial charge in [0.15, 0.2) is 0 Å². The van der Waals surface area contributed by atoms with E-state index in [0.29, 0.717) is 13.1 Å². The van der Waals surface area contributed by atoms with Crippen molar-refractivity contribution in [3.05, 3.63) is 35.9 Å². The van der Waals surface area contributed by atoms with Crippen LogP contribution in [0.15, 0.2) is 30.3 Å². The molecule has 2 atom stereocenters. The van der Waals surface area contributed by atoms with Crippen LogP contribution in [0.2, 0.25) is 0 Å².